The zero-order chi connectivity index (χ0) is 25.7. The first kappa shape index (κ1) is 22.6. The SMILES string of the molecule is COC(=O)c1cc2[nH]c(-c3cnn4ccc(N5CCC[C@@H]5c5cc(F)ccc5F)nc34)nc2cc1C#N. The molecule has 11 heteroatoms. The highest BCUT2D eigenvalue weighted by Crippen LogP contribution is 2.37. The number of anilines is 1. The Kier molecular flexibility index (Phi) is 5.30. The first-order valence-corrected chi connectivity index (χ1v) is 11.6. The van der Waals surface area contributed by atoms with Crippen LogP contribution >= 0.6 is 0 Å². The predicted octanol–water partition coefficient (Wildman–Crippen LogP) is 4.55. The maximum atomic E-state index is 14.6. The first-order chi connectivity index (χ1) is 18.0. The van der Waals surface area contributed by atoms with E-state index in [2.05, 4.69) is 15.1 Å². The lowest BCUT2D eigenvalue weighted by atomic mass is 10.0. The summed E-state index contributed by atoms with van der Waals surface area (Å²) in [5, 5.41) is 13.8. The number of hydrogen-bond donors (Lipinski definition) is 1. The summed E-state index contributed by atoms with van der Waals surface area (Å²) in [5.74, 6) is -0.489. The minimum Gasteiger partial charge on any atom is -0.465 e. The Labute approximate surface area is 208 Å². The molecule has 0 unspecified atom stereocenters. The second-order valence-electron chi connectivity index (χ2n) is 8.73. The molecule has 0 aliphatic carbocycles. The number of carbonyl (C=O) groups excluding carboxylic acids is 1. The van der Waals surface area contributed by atoms with E-state index in [9.17, 15) is 18.8 Å². The minimum absolute atomic E-state index is 0.137. The van der Waals surface area contributed by atoms with E-state index in [0.29, 0.717) is 52.4 Å². The van der Waals surface area contributed by atoms with Crippen molar-refractivity contribution in [3.8, 4) is 17.5 Å². The molecule has 1 atom stereocenters. The first-order valence-electron chi connectivity index (χ1n) is 11.6. The summed E-state index contributed by atoms with van der Waals surface area (Å²) in [6.45, 7) is 0.644. The molecule has 0 saturated carbocycles. The molecular weight excluding hydrogens is 480 g/mol. The van der Waals surface area contributed by atoms with Crippen molar-refractivity contribution in [3.05, 3.63) is 77.1 Å². The number of carbonyl (C=O) groups is 1. The molecule has 5 aromatic rings. The van der Waals surface area contributed by atoms with E-state index in [1.54, 1.807) is 23.0 Å². The molecule has 3 aromatic heterocycles. The van der Waals surface area contributed by atoms with Gasteiger partial charge in [-0.2, -0.15) is 10.4 Å². The summed E-state index contributed by atoms with van der Waals surface area (Å²) in [6, 6.07) is 10.0. The molecule has 6 rings (SSSR count). The van der Waals surface area contributed by atoms with Crippen LogP contribution in [0.25, 0.3) is 28.1 Å². The van der Waals surface area contributed by atoms with E-state index < -0.39 is 17.6 Å². The van der Waals surface area contributed by atoms with E-state index >= 15 is 0 Å². The molecule has 1 aliphatic heterocycles. The number of nitrogens with one attached hydrogen (secondary N) is 1. The molecular formula is C26H19F2N7O2. The molecule has 0 bridgehead atoms. The number of aromatic nitrogens is 5. The van der Waals surface area contributed by atoms with Gasteiger partial charge in [0, 0.05) is 18.3 Å². The lowest BCUT2D eigenvalue weighted by Gasteiger charge is -2.26. The Morgan fingerprint density at radius 3 is 2.89 bits per heavy atom. The number of methoxy groups -OCH3 is 1. The monoisotopic (exact) mass is 499 g/mol. The van der Waals surface area contributed by atoms with Crippen LogP contribution in [0, 0.1) is 23.0 Å². The number of esters is 1. The maximum Gasteiger partial charge on any atom is 0.339 e. The average Bonchev–Trinajstić information content (AvgIpc) is 3.65. The molecule has 1 aliphatic rings. The van der Waals surface area contributed by atoms with Gasteiger partial charge in [0.15, 0.2) is 5.65 Å². The smallest absolute Gasteiger partial charge is 0.339 e. The van der Waals surface area contributed by atoms with Crippen LogP contribution < -0.4 is 4.90 Å². The van der Waals surface area contributed by atoms with Gasteiger partial charge in [0.1, 0.15) is 29.3 Å². The lowest BCUT2D eigenvalue weighted by Crippen LogP contribution is -2.24. The van der Waals surface area contributed by atoms with Crippen LogP contribution in [0.5, 0.6) is 0 Å². The molecule has 0 amide bonds. The lowest BCUT2D eigenvalue weighted by molar-refractivity contribution is 0.0600. The van der Waals surface area contributed by atoms with Crippen molar-refractivity contribution in [1.29, 1.82) is 5.26 Å². The summed E-state index contributed by atoms with van der Waals surface area (Å²) in [4.78, 5) is 26.6. The van der Waals surface area contributed by atoms with Gasteiger partial charge in [-0.3, -0.25) is 0 Å². The Bertz CT molecular complexity index is 1740. The molecule has 1 saturated heterocycles. The number of imidazole rings is 1. The second kappa shape index (κ2) is 8.67. The quantitative estimate of drug-likeness (QED) is 0.361. The molecule has 0 radical (unpaired) electrons. The highest BCUT2D eigenvalue weighted by Gasteiger charge is 2.30. The fourth-order valence-corrected chi connectivity index (χ4v) is 4.88. The number of halogens is 2. The van der Waals surface area contributed by atoms with Crippen LogP contribution in [0.2, 0.25) is 0 Å². The van der Waals surface area contributed by atoms with Crippen LogP contribution in [0.15, 0.2) is 48.8 Å². The van der Waals surface area contributed by atoms with Crippen LogP contribution in [-0.4, -0.2) is 44.2 Å². The number of nitrogens with zero attached hydrogens (tertiary/aromatic N) is 6. The normalized spacial score (nSPS) is 15.4. The van der Waals surface area contributed by atoms with Gasteiger partial charge in [0.25, 0.3) is 0 Å². The summed E-state index contributed by atoms with van der Waals surface area (Å²) in [5.41, 5.74) is 2.75. The molecule has 37 heavy (non-hydrogen) atoms. The zero-order valence-corrected chi connectivity index (χ0v) is 19.6. The fraction of sp³-hybridized carbons (Fsp3) is 0.192. The maximum absolute atomic E-state index is 14.6. The fourth-order valence-electron chi connectivity index (χ4n) is 4.88. The molecule has 1 fully saturated rings. The van der Waals surface area contributed by atoms with Gasteiger partial charge in [0.05, 0.1) is 47.1 Å². The standard InChI is InChI=1S/C26H19F2N7O2/c1-37-26(36)16-11-21-20(9-14(16)12-29)31-24(32-21)18-13-30-35-8-6-23(33-25(18)35)34-7-2-3-22(34)17-10-15(27)4-5-19(17)28/h4-6,8-11,13,22H,2-3,7H2,1H3,(H,31,32)/t22-/m1/s1. The number of ether oxygens (including phenoxy) is 1. The summed E-state index contributed by atoms with van der Waals surface area (Å²) < 4.78 is 34.8. The van der Waals surface area contributed by atoms with E-state index in [4.69, 9.17) is 9.72 Å². The van der Waals surface area contributed by atoms with Gasteiger partial charge >= 0.3 is 5.97 Å². The largest absolute Gasteiger partial charge is 0.465 e. The van der Waals surface area contributed by atoms with E-state index in [0.717, 1.165) is 18.6 Å². The van der Waals surface area contributed by atoms with Crippen molar-refractivity contribution in [2.45, 2.75) is 18.9 Å². The van der Waals surface area contributed by atoms with Crippen LogP contribution in [0.1, 0.15) is 40.4 Å². The van der Waals surface area contributed by atoms with E-state index in [-0.39, 0.29) is 17.2 Å². The number of nitriles is 1. The minimum atomic E-state index is -0.619. The van der Waals surface area contributed by atoms with Crippen molar-refractivity contribution in [3.63, 3.8) is 0 Å². The average molecular weight is 499 g/mol. The third kappa shape index (κ3) is 3.74. The number of H-pyrrole nitrogens is 1. The second-order valence-corrected chi connectivity index (χ2v) is 8.73. The highest BCUT2D eigenvalue weighted by atomic mass is 19.1. The topological polar surface area (TPSA) is 112 Å². The van der Waals surface area contributed by atoms with Crippen molar-refractivity contribution in [2.75, 3.05) is 18.6 Å². The van der Waals surface area contributed by atoms with Gasteiger partial charge in [0.2, 0.25) is 0 Å². The number of aromatic amines is 1. The zero-order valence-electron chi connectivity index (χ0n) is 19.6. The Morgan fingerprint density at radius 1 is 1.22 bits per heavy atom. The molecule has 184 valence electrons. The van der Waals surface area contributed by atoms with Crippen LogP contribution in [-0.2, 0) is 4.74 Å². The van der Waals surface area contributed by atoms with Gasteiger partial charge in [-0.05, 0) is 49.2 Å². The summed E-state index contributed by atoms with van der Waals surface area (Å²) in [7, 11) is 1.25. The Morgan fingerprint density at radius 2 is 2.08 bits per heavy atom. The van der Waals surface area contributed by atoms with Gasteiger partial charge in [-0.15, -0.1) is 0 Å². The van der Waals surface area contributed by atoms with Crippen molar-refractivity contribution >= 4 is 28.5 Å². The van der Waals surface area contributed by atoms with Gasteiger partial charge < -0.3 is 14.6 Å². The predicted molar refractivity (Wildman–Crippen MR) is 130 cm³/mol. The molecule has 1 N–H and O–H groups in total. The highest BCUT2D eigenvalue weighted by molar-refractivity contribution is 5.97. The molecule has 2 aromatic carbocycles. The van der Waals surface area contributed by atoms with Crippen LogP contribution in [0.4, 0.5) is 14.6 Å². The van der Waals surface area contributed by atoms with E-state index in [1.165, 1.54) is 25.3 Å². The van der Waals surface area contributed by atoms with E-state index in [1.807, 2.05) is 11.0 Å². The van der Waals surface area contributed by atoms with Crippen molar-refractivity contribution in [2.24, 2.45) is 0 Å². The number of rotatable bonds is 4. The van der Waals surface area contributed by atoms with Gasteiger partial charge in [-0.1, -0.05) is 0 Å². The van der Waals surface area contributed by atoms with Crippen LogP contribution in [0.3, 0.4) is 0 Å². The molecule has 0 spiro atoms. The summed E-state index contributed by atoms with van der Waals surface area (Å²) >= 11 is 0. The van der Waals surface area contributed by atoms with Gasteiger partial charge in [-0.25, -0.2) is 28.1 Å². The molecule has 9 nitrogen and oxygen atoms in total. The van der Waals surface area contributed by atoms with Crippen molar-refractivity contribution < 1.29 is 18.3 Å². The number of hydrogen-bond acceptors (Lipinski definition) is 7. The molecule has 4 heterocycles. The van der Waals surface area contributed by atoms with Crippen molar-refractivity contribution in [1.82, 2.24) is 24.6 Å². The summed E-state index contributed by atoms with van der Waals surface area (Å²) in [6.07, 6.45) is 4.85. The number of benzene rings is 2. The number of fused-ring (bicyclic) bond motifs is 2. The Balaban J connectivity index is 1.42. The third-order valence-electron chi connectivity index (χ3n) is 6.62. The third-order valence-corrected chi connectivity index (χ3v) is 6.62. The Hall–Kier alpha value is -4.85.